The lowest BCUT2D eigenvalue weighted by Crippen LogP contribution is -2.06. The second-order valence-corrected chi connectivity index (χ2v) is 5.06. The van der Waals surface area contributed by atoms with Crippen LogP contribution in [0, 0.1) is 12.7 Å². The second kappa shape index (κ2) is 6.59. The molecule has 0 radical (unpaired) electrons. The molecule has 1 atom stereocenters. The van der Waals surface area contributed by atoms with E-state index in [2.05, 4.69) is 0 Å². The fourth-order valence-corrected chi connectivity index (χ4v) is 2.04. The molecule has 2 rings (SSSR count). The van der Waals surface area contributed by atoms with Crippen molar-refractivity contribution in [1.29, 1.82) is 0 Å². The summed E-state index contributed by atoms with van der Waals surface area (Å²) < 4.78 is 24.3. The van der Waals surface area contributed by atoms with Crippen molar-refractivity contribution in [1.82, 2.24) is 0 Å². The molecular weight excluding hydrogens is 269 g/mol. The Morgan fingerprint density at radius 1 is 1.14 bits per heavy atom. The number of methoxy groups -OCH3 is 1. The van der Waals surface area contributed by atoms with Crippen LogP contribution in [0.25, 0.3) is 0 Å². The molecule has 0 fully saturated rings. The van der Waals surface area contributed by atoms with E-state index < -0.39 is 0 Å². The van der Waals surface area contributed by atoms with Gasteiger partial charge in [0.1, 0.15) is 12.4 Å². The Morgan fingerprint density at radius 3 is 2.57 bits per heavy atom. The van der Waals surface area contributed by atoms with Crippen molar-refractivity contribution in [2.24, 2.45) is 5.73 Å². The zero-order chi connectivity index (χ0) is 15.4. The summed E-state index contributed by atoms with van der Waals surface area (Å²) in [5.74, 6) is 0.975. The van der Waals surface area contributed by atoms with Crippen molar-refractivity contribution in [2.75, 3.05) is 7.11 Å². The number of benzene rings is 2. The maximum Gasteiger partial charge on any atom is 0.161 e. The molecule has 0 saturated heterocycles. The van der Waals surface area contributed by atoms with Gasteiger partial charge in [0.25, 0.3) is 0 Å². The third-order valence-corrected chi connectivity index (χ3v) is 3.41. The number of nitrogens with two attached hydrogens (primary N) is 1. The Labute approximate surface area is 124 Å². The van der Waals surface area contributed by atoms with Crippen LogP contribution in [0.15, 0.2) is 36.4 Å². The molecule has 0 aliphatic heterocycles. The zero-order valence-corrected chi connectivity index (χ0v) is 12.5. The lowest BCUT2D eigenvalue weighted by Gasteiger charge is -2.14. The van der Waals surface area contributed by atoms with Crippen molar-refractivity contribution in [3.63, 3.8) is 0 Å². The van der Waals surface area contributed by atoms with Crippen molar-refractivity contribution in [3.8, 4) is 11.5 Å². The number of hydrogen-bond donors (Lipinski definition) is 1. The monoisotopic (exact) mass is 289 g/mol. The predicted molar refractivity (Wildman–Crippen MR) is 81.1 cm³/mol. The van der Waals surface area contributed by atoms with Gasteiger partial charge in [0.15, 0.2) is 11.5 Å². The highest BCUT2D eigenvalue weighted by atomic mass is 19.1. The Kier molecular flexibility index (Phi) is 4.81. The molecule has 0 aliphatic rings. The largest absolute Gasteiger partial charge is 0.493 e. The van der Waals surface area contributed by atoms with Crippen molar-refractivity contribution >= 4 is 0 Å². The molecule has 0 amide bonds. The van der Waals surface area contributed by atoms with E-state index in [1.165, 1.54) is 12.1 Å². The van der Waals surface area contributed by atoms with E-state index >= 15 is 0 Å². The maximum atomic E-state index is 13.3. The predicted octanol–water partition coefficient (Wildman–Crippen LogP) is 3.74. The minimum Gasteiger partial charge on any atom is -0.493 e. The number of rotatable bonds is 5. The van der Waals surface area contributed by atoms with Crippen LogP contribution in [0.5, 0.6) is 11.5 Å². The van der Waals surface area contributed by atoms with Crippen molar-refractivity contribution in [3.05, 3.63) is 58.9 Å². The van der Waals surface area contributed by atoms with Gasteiger partial charge < -0.3 is 15.2 Å². The van der Waals surface area contributed by atoms with Gasteiger partial charge in [-0.1, -0.05) is 12.1 Å². The first kappa shape index (κ1) is 15.3. The van der Waals surface area contributed by atoms with E-state index in [0.717, 1.165) is 16.7 Å². The van der Waals surface area contributed by atoms with Crippen LogP contribution in [0.2, 0.25) is 0 Å². The molecule has 0 heterocycles. The molecule has 0 bridgehead atoms. The molecule has 0 aliphatic carbocycles. The zero-order valence-electron chi connectivity index (χ0n) is 12.5. The second-order valence-electron chi connectivity index (χ2n) is 5.06. The Bertz CT molecular complexity index is 626. The molecule has 2 N–H and O–H groups in total. The number of aryl methyl sites for hydroxylation is 1. The molecule has 0 spiro atoms. The molecular formula is C17H20FNO2. The van der Waals surface area contributed by atoms with E-state index in [-0.39, 0.29) is 18.5 Å². The van der Waals surface area contributed by atoms with Gasteiger partial charge in [-0.15, -0.1) is 0 Å². The van der Waals surface area contributed by atoms with Crippen LogP contribution in [-0.2, 0) is 6.61 Å². The lowest BCUT2D eigenvalue weighted by atomic mass is 10.1. The van der Waals surface area contributed by atoms with Crippen LogP contribution in [0.1, 0.15) is 29.7 Å². The summed E-state index contributed by atoms with van der Waals surface area (Å²) in [4.78, 5) is 0. The van der Waals surface area contributed by atoms with Crippen LogP contribution < -0.4 is 15.2 Å². The van der Waals surface area contributed by atoms with Crippen LogP contribution in [0.4, 0.5) is 4.39 Å². The van der Waals surface area contributed by atoms with Crippen LogP contribution >= 0.6 is 0 Å². The van der Waals surface area contributed by atoms with E-state index in [9.17, 15) is 4.39 Å². The van der Waals surface area contributed by atoms with Crippen LogP contribution in [-0.4, -0.2) is 7.11 Å². The Balaban J connectivity index is 2.18. The highest BCUT2D eigenvalue weighted by Crippen LogP contribution is 2.30. The van der Waals surface area contributed by atoms with Gasteiger partial charge in [-0.25, -0.2) is 4.39 Å². The van der Waals surface area contributed by atoms with Gasteiger partial charge >= 0.3 is 0 Å². The van der Waals surface area contributed by atoms with Gasteiger partial charge in [-0.05, 0) is 54.8 Å². The van der Waals surface area contributed by atoms with Crippen molar-refractivity contribution in [2.45, 2.75) is 26.5 Å². The Morgan fingerprint density at radius 2 is 1.90 bits per heavy atom. The lowest BCUT2D eigenvalue weighted by molar-refractivity contribution is 0.283. The third-order valence-electron chi connectivity index (χ3n) is 3.41. The van der Waals surface area contributed by atoms with E-state index in [0.29, 0.717) is 11.5 Å². The summed E-state index contributed by atoms with van der Waals surface area (Å²) >= 11 is 0. The SMILES string of the molecule is COc1cc([C@@H](C)N)ccc1OCc1cc(F)ccc1C. The summed E-state index contributed by atoms with van der Waals surface area (Å²) in [6, 6.07) is 10.2. The maximum absolute atomic E-state index is 13.3. The summed E-state index contributed by atoms with van der Waals surface area (Å²) in [7, 11) is 1.58. The van der Waals surface area contributed by atoms with Gasteiger partial charge in [-0.3, -0.25) is 0 Å². The molecule has 0 unspecified atom stereocenters. The first-order valence-corrected chi connectivity index (χ1v) is 6.82. The fourth-order valence-electron chi connectivity index (χ4n) is 2.04. The summed E-state index contributed by atoms with van der Waals surface area (Å²) in [6.07, 6.45) is 0. The standard InChI is InChI=1S/C17H20FNO2/c1-11-4-6-15(18)8-14(11)10-21-16-7-5-13(12(2)19)9-17(16)20-3/h4-9,12H,10,19H2,1-3H3/t12-/m1/s1. The van der Waals surface area contributed by atoms with Gasteiger partial charge in [0.2, 0.25) is 0 Å². The summed E-state index contributed by atoms with van der Waals surface area (Å²) in [5.41, 5.74) is 8.63. The number of halogens is 1. The first-order chi connectivity index (χ1) is 10.0. The average Bonchev–Trinajstić information content (AvgIpc) is 2.47. The molecule has 2 aromatic rings. The minimum absolute atomic E-state index is 0.0709. The van der Waals surface area contributed by atoms with Gasteiger partial charge in [0, 0.05) is 6.04 Å². The first-order valence-electron chi connectivity index (χ1n) is 6.82. The highest BCUT2D eigenvalue weighted by Gasteiger charge is 2.09. The molecule has 0 aromatic heterocycles. The summed E-state index contributed by atoms with van der Waals surface area (Å²) in [5, 5.41) is 0. The molecule has 2 aromatic carbocycles. The van der Waals surface area contributed by atoms with Crippen molar-refractivity contribution < 1.29 is 13.9 Å². The average molecular weight is 289 g/mol. The fraction of sp³-hybridized carbons (Fsp3) is 0.294. The van der Waals surface area contributed by atoms with Gasteiger partial charge in [0.05, 0.1) is 7.11 Å². The minimum atomic E-state index is -0.265. The van der Waals surface area contributed by atoms with Gasteiger partial charge in [-0.2, -0.15) is 0 Å². The van der Waals surface area contributed by atoms with E-state index in [1.54, 1.807) is 13.2 Å². The molecule has 3 nitrogen and oxygen atoms in total. The third kappa shape index (κ3) is 3.73. The normalized spacial score (nSPS) is 12.0. The number of ether oxygens (including phenoxy) is 2. The highest BCUT2D eigenvalue weighted by molar-refractivity contribution is 5.44. The molecule has 0 saturated carbocycles. The number of hydrogen-bond acceptors (Lipinski definition) is 3. The quantitative estimate of drug-likeness (QED) is 0.912. The Hall–Kier alpha value is -2.07. The topological polar surface area (TPSA) is 44.5 Å². The van der Waals surface area contributed by atoms with Crippen LogP contribution in [0.3, 0.4) is 0 Å². The van der Waals surface area contributed by atoms with E-state index in [4.69, 9.17) is 15.2 Å². The summed E-state index contributed by atoms with van der Waals surface area (Å²) in [6.45, 7) is 4.12. The smallest absolute Gasteiger partial charge is 0.161 e. The molecule has 21 heavy (non-hydrogen) atoms. The molecule has 112 valence electrons. The van der Waals surface area contributed by atoms with E-state index in [1.807, 2.05) is 32.0 Å². The molecule has 4 heteroatoms.